The largest absolute Gasteiger partial charge is 0.382 e. The van der Waals surface area contributed by atoms with E-state index in [-0.39, 0.29) is 0 Å². The Balaban J connectivity index is 1.64. The first-order valence-corrected chi connectivity index (χ1v) is 10.6. The van der Waals surface area contributed by atoms with Gasteiger partial charge in [-0.15, -0.1) is 0 Å². The topological polar surface area (TPSA) is 23.4 Å². The van der Waals surface area contributed by atoms with E-state index in [9.17, 15) is 0 Å². The molecule has 0 amide bonds. The van der Waals surface area contributed by atoms with Crippen LogP contribution in [0.2, 0.25) is 0 Å². The van der Waals surface area contributed by atoms with Crippen LogP contribution in [0.4, 0.5) is 0 Å². The van der Waals surface area contributed by atoms with Crippen LogP contribution in [0.15, 0.2) is 71.2 Å². The van der Waals surface area contributed by atoms with Gasteiger partial charge in [0.05, 0.1) is 19.8 Å². The molecule has 1 aromatic heterocycles. The Morgan fingerprint density at radius 1 is 0.793 bits per heavy atom. The zero-order valence-corrected chi connectivity index (χ0v) is 18.1. The minimum Gasteiger partial charge on any atom is -0.382 e. The third-order valence-electron chi connectivity index (χ3n) is 5.03. The second kappa shape index (κ2) is 9.40. The summed E-state index contributed by atoms with van der Waals surface area (Å²) in [5.41, 5.74) is 4.86. The highest BCUT2D eigenvalue weighted by molar-refractivity contribution is 9.10. The highest BCUT2D eigenvalue weighted by Gasteiger charge is 2.10. The maximum Gasteiger partial charge on any atom is 0.0701 e. The highest BCUT2D eigenvalue weighted by Crippen LogP contribution is 2.30. The van der Waals surface area contributed by atoms with Gasteiger partial charge in [0.15, 0.2) is 0 Å². The van der Waals surface area contributed by atoms with E-state index in [1.807, 2.05) is 0 Å². The monoisotopic (exact) mass is 449 g/mol. The maximum atomic E-state index is 5.70. The van der Waals surface area contributed by atoms with Crippen molar-refractivity contribution in [1.82, 2.24) is 4.57 Å². The van der Waals surface area contributed by atoms with Crippen molar-refractivity contribution in [1.29, 1.82) is 0 Å². The van der Waals surface area contributed by atoms with Gasteiger partial charge >= 0.3 is 0 Å². The van der Waals surface area contributed by atoms with E-state index in [0.29, 0.717) is 19.8 Å². The third kappa shape index (κ3) is 4.61. The number of para-hydroxylation sites is 1. The molecule has 0 radical (unpaired) electrons. The Labute approximate surface area is 179 Å². The molecule has 0 saturated heterocycles. The Kier molecular flexibility index (Phi) is 6.45. The fraction of sp³-hybridized carbons (Fsp3) is 0.200. The Hall–Kier alpha value is -2.40. The molecular weight excluding hydrogens is 426 g/mol. The average Bonchev–Trinajstić information content (AvgIpc) is 3.06. The van der Waals surface area contributed by atoms with E-state index in [4.69, 9.17) is 9.47 Å². The van der Waals surface area contributed by atoms with Crippen LogP contribution in [0.5, 0.6) is 0 Å². The molecule has 0 aliphatic heterocycles. The minimum absolute atomic E-state index is 0.624. The van der Waals surface area contributed by atoms with Gasteiger partial charge in [-0.2, -0.15) is 0 Å². The summed E-state index contributed by atoms with van der Waals surface area (Å²) in [6.45, 7) is 2.74. The smallest absolute Gasteiger partial charge is 0.0701 e. The Morgan fingerprint density at radius 3 is 2.34 bits per heavy atom. The number of methoxy groups -OCH3 is 1. The van der Waals surface area contributed by atoms with E-state index in [2.05, 4.69) is 99.4 Å². The first-order chi connectivity index (χ1) is 14.3. The lowest BCUT2D eigenvalue weighted by atomic mass is 10.1. The van der Waals surface area contributed by atoms with Gasteiger partial charge in [0.25, 0.3) is 0 Å². The Bertz CT molecular complexity index is 1130. The summed E-state index contributed by atoms with van der Waals surface area (Å²) >= 11 is 3.48. The summed E-state index contributed by atoms with van der Waals surface area (Å²) in [6, 6.07) is 23.6. The zero-order chi connectivity index (χ0) is 20.1. The van der Waals surface area contributed by atoms with Gasteiger partial charge in [0, 0.05) is 39.9 Å². The first kappa shape index (κ1) is 19.9. The van der Waals surface area contributed by atoms with Crippen molar-refractivity contribution in [2.45, 2.75) is 6.54 Å². The summed E-state index contributed by atoms with van der Waals surface area (Å²) < 4.78 is 14.2. The van der Waals surface area contributed by atoms with Crippen LogP contribution in [-0.2, 0) is 16.0 Å². The summed E-state index contributed by atoms with van der Waals surface area (Å²) in [6.07, 6.45) is 4.32. The summed E-state index contributed by atoms with van der Waals surface area (Å²) in [4.78, 5) is 0. The van der Waals surface area contributed by atoms with Crippen LogP contribution in [-0.4, -0.2) is 31.5 Å². The lowest BCUT2D eigenvalue weighted by molar-refractivity contribution is 0.0673. The van der Waals surface area contributed by atoms with Crippen molar-refractivity contribution >= 4 is 49.9 Å². The van der Waals surface area contributed by atoms with Gasteiger partial charge in [-0.25, -0.2) is 0 Å². The lowest BCUT2D eigenvalue weighted by Gasteiger charge is -2.08. The van der Waals surface area contributed by atoms with Gasteiger partial charge in [-0.3, -0.25) is 0 Å². The third-order valence-corrected chi connectivity index (χ3v) is 5.55. The zero-order valence-electron chi connectivity index (χ0n) is 16.5. The SMILES string of the molecule is COCCOCCn1c2ccccc2c2cc(/C=C/c3ccc(Br)cc3)ccc21. The van der Waals surface area contributed by atoms with Gasteiger partial charge in [-0.05, 0) is 41.5 Å². The molecule has 1 heterocycles. The van der Waals surface area contributed by atoms with E-state index < -0.39 is 0 Å². The second-order valence-corrected chi connectivity index (χ2v) is 7.85. The van der Waals surface area contributed by atoms with Crippen molar-refractivity contribution < 1.29 is 9.47 Å². The minimum atomic E-state index is 0.624. The quantitative estimate of drug-likeness (QED) is 0.229. The predicted octanol–water partition coefficient (Wildman–Crippen LogP) is 6.39. The van der Waals surface area contributed by atoms with E-state index >= 15 is 0 Å². The molecule has 0 aliphatic rings. The first-order valence-electron chi connectivity index (χ1n) is 9.77. The number of benzene rings is 3. The van der Waals surface area contributed by atoms with Crippen molar-refractivity contribution in [2.24, 2.45) is 0 Å². The molecule has 0 saturated carbocycles. The average molecular weight is 450 g/mol. The van der Waals surface area contributed by atoms with Gasteiger partial charge < -0.3 is 14.0 Å². The summed E-state index contributed by atoms with van der Waals surface area (Å²) in [5, 5.41) is 2.55. The number of fused-ring (bicyclic) bond motifs is 3. The van der Waals surface area contributed by atoms with Crippen LogP contribution in [0.1, 0.15) is 11.1 Å². The van der Waals surface area contributed by atoms with Crippen molar-refractivity contribution in [3.05, 3.63) is 82.3 Å². The molecule has 0 spiro atoms. The van der Waals surface area contributed by atoms with Crippen LogP contribution >= 0.6 is 15.9 Å². The lowest BCUT2D eigenvalue weighted by Crippen LogP contribution is -2.09. The molecule has 0 bridgehead atoms. The molecule has 4 heteroatoms. The number of rotatable bonds is 8. The van der Waals surface area contributed by atoms with E-state index in [1.165, 1.54) is 32.9 Å². The molecule has 29 heavy (non-hydrogen) atoms. The normalized spacial score (nSPS) is 11.8. The van der Waals surface area contributed by atoms with Crippen LogP contribution in [0.3, 0.4) is 0 Å². The van der Waals surface area contributed by atoms with Crippen molar-refractivity contribution in [3.63, 3.8) is 0 Å². The molecule has 3 aromatic carbocycles. The Morgan fingerprint density at radius 2 is 1.52 bits per heavy atom. The molecule has 0 N–H and O–H groups in total. The highest BCUT2D eigenvalue weighted by atomic mass is 79.9. The van der Waals surface area contributed by atoms with Gasteiger partial charge in [0.1, 0.15) is 0 Å². The standard InChI is InChI=1S/C25H24BrNO2/c1-28-16-17-29-15-14-27-24-5-3-2-4-22(24)23-18-20(10-13-25(23)27)7-6-19-8-11-21(26)12-9-19/h2-13,18H,14-17H2,1H3/b7-6+. The number of hydrogen-bond donors (Lipinski definition) is 0. The maximum absolute atomic E-state index is 5.70. The number of halogens is 1. The van der Waals surface area contributed by atoms with Crippen molar-refractivity contribution in [3.8, 4) is 0 Å². The number of hydrogen-bond acceptors (Lipinski definition) is 2. The number of nitrogens with zero attached hydrogens (tertiary/aromatic N) is 1. The second-order valence-electron chi connectivity index (χ2n) is 6.94. The van der Waals surface area contributed by atoms with E-state index in [0.717, 1.165) is 11.0 Å². The van der Waals surface area contributed by atoms with Crippen LogP contribution < -0.4 is 0 Å². The number of ether oxygens (including phenoxy) is 2. The fourth-order valence-corrected chi connectivity index (χ4v) is 3.85. The molecule has 0 fully saturated rings. The number of aromatic nitrogens is 1. The fourth-order valence-electron chi connectivity index (χ4n) is 3.58. The molecule has 0 aliphatic carbocycles. The molecular formula is C25H24BrNO2. The van der Waals surface area contributed by atoms with Gasteiger partial charge in [0.2, 0.25) is 0 Å². The molecule has 0 unspecified atom stereocenters. The summed E-state index contributed by atoms with van der Waals surface area (Å²) in [7, 11) is 1.69. The molecule has 4 rings (SSSR count). The van der Waals surface area contributed by atoms with Crippen LogP contribution in [0.25, 0.3) is 34.0 Å². The predicted molar refractivity (Wildman–Crippen MR) is 125 cm³/mol. The summed E-state index contributed by atoms with van der Waals surface area (Å²) in [5.74, 6) is 0. The van der Waals surface area contributed by atoms with E-state index in [1.54, 1.807) is 7.11 Å². The molecule has 148 valence electrons. The van der Waals surface area contributed by atoms with Gasteiger partial charge in [-0.1, -0.05) is 64.5 Å². The van der Waals surface area contributed by atoms with Crippen LogP contribution in [0, 0.1) is 0 Å². The molecule has 3 nitrogen and oxygen atoms in total. The molecule has 0 atom stereocenters. The van der Waals surface area contributed by atoms with Crippen molar-refractivity contribution in [2.75, 3.05) is 26.9 Å². The molecule has 4 aromatic rings.